The maximum atomic E-state index is 12.3. The minimum Gasteiger partial charge on any atom is -0.459 e. The molecular formula is C16H19N3O3S. The van der Waals surface area contributed by atoms with Crippen LogP contribution < -0.4 is 10.6 Å². The van der Waals surface area contributed by atoms with Crippen molar-refractivity contribution >= 4 is 28.2 Å². The van der Waals surface area contributed by atoms with Gasteiger partial charge in [-0.15, -0.1) is 11.3 Å². The van der Waals surface area contributed by atoms with Crippen molar-refractivity contribution in [2.75, 3.05) is 25.5 Å². The Labute approximate surface area is 138 Å². The van der Waals surface area contributed by atoms with Gasteiger partial charge in [-0.05, 0) is 50.7 Å². The average Bonchev–Trinajstić information content (AvgIpc) is 3.18. The van der Waals surface area contributed by atoms with Crippen LogP contribution in [0.5, 0.6) is 0 Å². The topological polar surface area (TPSA) is 74.6 Å². The third kappa shape index (κ3) is 4.00. The number of anilines is 1. The number of likely N-dealkylation sites (tertiary alicyclic amines) is 1. The van der Waals surface area contributed by atoms with Crippen LogP contribution in [0.2, 0.25) is 0 Å². The van der Waals surface area contributed by atoms with E-state index in [1.807, 2.05) is 0 Å². The van der Waals surface area contributed by atoms with Crippen LogP contribution in [0, 0.1) is 0 Å². The summed E-state index contributed by atoms with van der Waals surface area (Å²) in [5, 5.41) is 6.41. The van der Waals surface area contributed by atoms with E-state index in [4.69, 9.17) is 4.42 Å². The second-order valence-corrected chi connectivity index (χ2v) is 6.75. The molecule has 0 aliphatic carbocycles. The number of hydrogen-bond donors (Lipinski definition) is 2. The van der Waals surface area contributed by atoms with Crippen molar-refractivity contribution in [1.29, 1.82) is 0 Å². The molecule has 0 saturated carbocycles. The average molecular weight is 333 g/mol. The van der Waals surface area contributed by atoms with Crippen molar-refractivity contribution in [1.82, 2.24) is 10.2 Å². The highest BCUT2D eigenvalue weighted by Gasteiger charge is 2.20. The summed E-state index contributed by atoms with van der Waals surface area (Å²) in [6.07, 6.45) is 3.54. The SMILES string of the molecule is CN1CCC[C@H](NC(=O)c2ccc(NC(=O)c3ccco3)s2)C1. The largest absolute Gasteiger partial charge is 0.459 e. The van der Waals surface area contributed by atoms with Gasteiger partial charge in [0.1, 0.15) is 0 Å². The Bertz CT molecular complexity index is 681. The molecule has 0 unspecified atom stereocenters. The molecular weight excluding hydrogens is 314 g/mol. The smallest absolute Gasteiger partial charge is 0.291 e. The lowest BCUT2D eigenvalue weighted by Gasteiger charge is -2.30. The molecule has 1 aliphatic rings. The van der Waals surface area contributed by atoms with Gasteiger partial charge in [0.25, 0.3) is 11.8 Å². The van der Waals surface area contributed by atoms with Gasteiger partial charge in [0.2, 0.25) is 0 Å². The molecule has 2 aromatic rings. The molecule has 2 amide bonds. The quantitative estimate of drug-likeness (QED) is 0.901. The predicted molar refractivity (Wildman–Crippen MR) is 89.0 cm³/mol. The molecule has 0 bridgehead atoms. The van der Waals surface area contributed by atoms with E-state index in [1.54, 1.807) is 24.3 Å². The van der Waals surface area contributed by atoms with Gasteiger partial charge in [-0.1, -0.05) is 0 Å². The highest BCUT2D eigenvalue weighted by Crippen LogP contribution is 2.23. The highest BCUT2D eigenvalue weighted by atomic mass is 32.1. The summed E-state index contributed by atoms with van der Waals surface area (Å²) in [6, 6.07) is 6.89. The van der Waals surface area contributed by atoms with Gasteiger partial charge in [-0.2, -0.15) is 0 Å². The van der Waals surface area contributed by atoms with E-state index < -0.39 is 0 Å². The summed E-state index contributed by atoms with van der Waals surface area (Å²) < 4.78 is 5.04. The first kappa shape index (κ1) is 15.8. The number of hydrogen-bond acceptors (Lipinski definition) is 5. The number of likely N-dealkylation sites (N-methyl/N-ethyl adjacent to an activating group) is 1. The molecule has 3 rings (SSSR count). The molecule has 0 spiro atoms. The first-order valence-corrected chi connectivity index (χ1v) is 8.37. The second-order valence-electron chi connectivity index (χ2n) is 5.67. The van der Waals surface area contributed by atoms with Gasteiger partial charge >= 0.3 is 0 Å². The molecule has 1 saturated heterocycles. The Kier molecular flexibility index (Phi) is 4.78. The van der Waals surface area contributed by atoms with Crippen LogP contribution in [0.3, 0.4) is 0 Å². The lowest BCUT2D eigenvalue weighted by Crippen LogP contribution is -2.46. The van der Waals surface area contributed by atoms with Crippen molar-refractivity contribution in [3.8, 4) is 0 Å². The maximum Gasteiger partial charge on any atom is 0.291 e. The first-order chi connectivity index (χ1) is 11.1. The molecule has 1 fully saturated rings. The van der Waals surface area contributed by atoms with Crippen molar-refractivity contribution in [2.45, 2.75) is 18.9 Å². The predicted octanol–water partition coefficient (Wildman–Crippen LogP) is 2.42. The lowest BCUT2D eigenvalue weighted by atomic mass is 10.1. The summed E-state index contributed by atoms with van der Waals surface area (Å²) in [6.45, 7) is 1.95. The van der Waals surface area contributed by atoms with Gasteiger partial charge in [-0.3, -0.25) is 9.59 Å². The zero-order valence-electron chi connectivity index (χ0n) is 12.9. The maximum absolute atomic E-state index is 12.3. The summed E-state index contributed by atoms with van der Waals surface area (Å²) in [7, 11) is 2.06. The Morgan fingerprint density at radius 3 is 2.91 bits per heavy atom. The molecule has 6 nitrogen and oxygen atoms in total. The standard InChI is InChI=1S/C16H19N3O3S/c1-19-8-2-4-11(10-19)17-16(21)13-6-7-14(23-13)18-15(20)12-5-3-9-22-12/h3,5-7,9,11H,2,4,8,10H2,1H3,(H,17,21)(H,18,20)/t11-/m0/s1. The summed E-state index contributed by atoms with van der Waals surface area (Å²) in [5.41, 5.74) is 0. The zero-order valence-corrected chi connectivity index (χ0v) is 13.7. The fraction of sp³-hybridized carbons (Fsp3) is 0.375. The number of rotatable bonds is 4. The van der Waals surface area contributed by atoms with Gasteiger partial charge < -0.3 is 20.0 Å². The third-order valence-electron chi connectivity index (χ3n) is 3.77. The fourth-order valence-corrected chi connectivity index (χ4v) is 3.45. The van der Waals surface area contributed by atoms with E-state index in [2.05, 4.69) is 22.6 Å². The molecule has 1 atom stereocenters. The number of thiophene rings is 1. The van der Waals surface area contributed by atoms with Crippen molar-refractivity contribution in [3.63, 3.8) is 0 Å². The number of amides is 2. The minimum atomic E-state index is -0.322. The van der Waals surface area contributed by atoms with Gasteiger partial charge in [-0.25, -0.2) is 0 Å². The second kappa shape index (κ2) is 6.97. The minimum absolute atomic E-state index is 0.0891. The monoisotopic (exact) mass is 333 g/mol. The van der Waals surface area contributed by atoms with E-state index in [-0.39, 0.29) is 23.6 Å². The molecule has 0 radical (unpaired) electrons. The fourth-order valence-electron chi connectivity index (χ4n) is 2.65. The summed E-state index contributed by atoms with van der Waals surface area (Å²) in [5.74, 6) is -0.166. The number of furan rings is 1. The van der Waals surface area contributed by atoms with Crippen LogP contribution in [0.25, 0.3) is 0 Å². The zero-order chi connectivity index (χ0) is 16.2. The van der Waals surface area contributed by atoms with Crippen molar-refractivity contribution < 1.29 is 14.0 Å². The molecule has 122 valence electrons. The molecule has 7 heteroatoms. The summed E-state index contributed by atoms with van der Waals surface area (Å²) in [4.78, 5) is 27.0. The highest BCUT2D eigenvalue weighted by molar-refractivity contribution is 7.18. The van der Waals surface area contributed by atoms with E-state index >= 15 is 0 Å². The molecule has 2 aromatic heterocycles. The van der Waals surface area contributed by atoms with Gasteiger partial charge in [0.15, 0.2) is 5.76 Å². The Balaban J connectivity index is 1.58. The Hall–Kier alpha value is -2.12. The van der Waals surface area contributed by atoms with E-state index in [0.29, 0.717) is 9.88 Å². The van der Waals surface area contributed by atoms with Gasteiger partial charge in [0.05, 0.1) is 16.1 Å². The number of piperidine rings is 1. The first-order valence-electron chi connectivity index (χ1n) is 7.56. The summed E-state index contributed by atoms with van der Waals surface area (Å²) >= 11 is 1.26. The van der Waals surface area contributed by atoms with Crippen molar-refractivity contribution in [2.24, 2.45) is 0 Å². The normalized spacial score (nSPS) is 18.6. The van der Waals surface area contributed by atoms with Crippen LogP contribution in [0.4, 0.5) is 5.00 Å². The van der Waals surface area contributed by atoms with Crippen molar-refractivity contribution in [3.05, 3.63) is 41.2 Å². The number of carbonyl (C=O) groups is 2. The van der Waals surface area contributed by atoms with Crippen LogP contribution in [0.15, 0.2) is 34.9 Å². The van der Waals surface area contributed by atoms with E-state index in [0.717, 1.165) is 25.9 Å². The van der Waals surface area contributed by atoms with Gasteiger partial charge in [0, 0.05) is 12.6 Å². The third-order valence-corrected chi connectivity index (χ3v) is 4.77. The van der Waals surface area contributed by atoms with E-state index in [1.165, 1.54) is 17.6 Å². The number of nitrogens with zero attached hydrogens (tertiary/aromatic N) is 1. The number of carbonyl (C=O) groups excluding carboxylic acids is 2. The van der Waals surface area contributed by atoms with E-state index in [9.17, 15) is 9.59 Å². The molecule has 2 N–H and O–H groups in total. The number of nitrogens with one attached hydrogen (secondary N) is 2. The molecule has 1 aliphatic heterocycles. The molecule has 23 heavy (non-hydrogen) atoms. The molecule has 0 aromatic carbocycles. The molecule has 3 heterocycles. The Morgan fingerprint density at radius 1 is 1.30 bits per heavy atom. The van der Waals surface area contributed by atoms with Crippen LogP contribution in [-0.4, -0.2) is 42.9 Å². The van der Waals surface area contributed by atoms with Crippen LogP contribution in [0.1, 0.15) is 33.1 Å². The lowest BCUT2D eigenvalue weighted by molar-refractivity contribution is 0.0916. The Morgan fingerprint density at radius 2 is 2.17 bits per heavy atom. The van der Waals surface area contributed by atoms with Crippen LogP contribution >= 0.6 is 11.3 Å². The van der Waals surface area contributed by atoms with Crippen LogP contribution in [-0.2, 0) is 0 Å².